The highest BCUT2D eigenvalue weighted by Gasteiger charge is 2.24. The molecule has 4 nitrogen and oxygen atoms in total. The normalized spacial score (nSPS) is 18.3. The molecule has 34 heavy (non-hydrogen) atoms. The maximum Gasteiger partial charge on any atom is 0.170 e. The molecular weight excluding hydrogens is 438 g/mol. The summed E-state index contributed by atoms with van der Waals surface area (Å²) < 4.78 is 1.12. The third-order valence-corrected chi connectivity index (χ3v) is 9.29. The molecule has 4 atom stereocenters. The van der Waals surface area contributed by atoms with Crippen molar-refractivity contribution in [2.45, 2.75) is 130 Å². The van der Waals surface area contributed by atoms with E-state index >= 15 is 0 Å². The number of nitrogens with zero attached hydrogens (tertiary/aromatic N) is 2. The zero-order valence-corrected chi connectivity index (χ0v) is 23.0. The average molecular weight is 488 g/mol. The minimum Gasteiger partial charge on any atom is -0.374 e. The summed E-state index contributed by atoms with van der Waals surface area (Å²) in [6.45, 7) is 9.44. The Kier molecular flexibility index (Phi) is 11.6. The minimum absolute atomic E-state index is 0.363. The third kappa shape index (κ3) is 8.19. The van der Waals surface area contributed by atoms with Gasteiger partial charge in [-0.25, -0.2) is 9.97 Å². The van der Waals surface area contributed by atoms with Crippen LogP contribution in [0.5, 0.6) is 0 Å². The van der Waals surface area contributed by atoms with Gasteiger partial charge in [0, 0.05) is 11.8 Å². The predicted molar refractivity (Wildman–Crippen MR) is 148 cm³/mol. The Bertz CT molecular complexity index is 832. The monoisotopic (exact) mass is 487 g/mol. The van der Waals surface area contributed by atoms with Gasteiger partial charge in [0.25, 0.3) is 0 Å². The predicted octanol–water partition coefficient (Wildman–Crippen LogP) is 8.91. The summed E-state index contributed by atoms with van der Waals surface area (Å²) in [5, 5.41) is 15.0. The van der Waals surface area contributed by atoms with Gasteiger partial charge in [-0.15, -0.1) is 11.3 Å². The number of aliphatic hydroxyl groups excluding tert-OH is 1. The molecule has 2 heterocycles. The quantitative estimate of drug-likeness (QED) is 0.183. The van der Waals surface area contributed by atoms with Gasteiger partial charge in [0.1, 0.15) is 6.23 Å². The van der Waals surface area contributed by atoms with Gasteiger partial charge >= 0.3 is 0 Å². The summed E-state index contributed by atoms with van der Waals surface area (Å²) in [4.78, 5) is 9.48. The number of aliphatic hydroxyl groups is 1. The van der Waals surface area contributed by atoms with E-state index in [-0.39, 0.29) is 0 Å². The number of thiazole rings is 1. The average Bonchev–Trinajstić information content (AvgIpc) is 3.51. The van der Waals surface area contributed by atoms with Crippen molar-refractivity contribution >= 4 is 27.4 Å². The second-order valence-electron chi connectivity index (χ2n) is 10.9. The number of aromatic nitrogens is 2. The van der Waals surface area contributed by atoms with Crippen LogP contribution in [-0.2, 0) is 0 Å². The first-order valence-electron chi connectivity index (χ1n) is 14.2. The van der Waals surface area contributed by atoms with Crippen LogP contribution in [0.1, 0.15) is 129 Å². The van der Waals surface area contributed by atoms with Crippen LogP contribution < -0.4 is 5.32 Å². The number of pyridine rings is 1. The molecule has 0 spiro atoms. The van der Waals surface area contributed by atoms with E-state index in [0.29, 0.717) is 11.8 Å². The fraction of sp³-hybridized carbons (Fsp3) is 0.793. The molecule has 1 fully saturated rings. The van der Waals surface area contributed by atoms with Crippen LogP contribution in [0.4, 0.5) is 5.69 Å². The van der Waals surface area contributed by atoms with E-state index in [9.17, 15) is 5.11 Å². The summed E-state index contributed by atoms with van der Waals surface area (Å²) in [6.07, 6.45) is 19.4. The fourth-order valence-corrected chi connectivity index (χ4v) is 6.64. The smallest absolute Gasteiger partial charge is 0.170 e. The number of nitrogens with one attached hydrogen (secondary N) is 1. The van der Waals surface area contributed by atoms with Crippen molar-refractivity contribution in [1.82, 2.24) is 9.97 Å². The fourth-order valence-electron chi connectivity index (χ4n) is 5.58. The lowest BCUT2D eigenvalue weighted by molar-refractivity contribution is 0.137. The zero-order valence-electron chi connectivity index (χ0n) is 22.2. The van der Waals surface area contributed by atoms with Gasteiger partial charge in [-0.1, -0.05) is 91.9 Å². The first kappa shape index (κ1) is 27.4. The number of hydrogen-bond donors (Lipinski definition) is 2. The summed E-state index contributed by atoms with van der Waals surface area (Å²) in [6, 6.07) is 2.12. The molecule has 192 valence electrons. The topological polar surface area (TPSA) is 58.0 Å². The molecule has 0 saturated heterocycles. The molecule has 4 unspecified atom stereocenters. The van der Waals surface area contributed by atoms with Crippen molar-refractivity contribution < 1.29 is 5.11 Å². The number of hydrogen-bond acceptors (Lipinski definition) is 5. The van der Waals surface area contributed by atoms with Gasteiger partial charge in [0.15, 0.2) is 5.65 Å². The van der Waals surface area contributed by atoms with Crippen molar-refractivity contribution in [1.29, 1.82) is 0 Å². The summed E-state index contributed by atoms with van der Waals surface area (Å²) in [5.41, 5.74) is 1.76. The Balaban J connectivity index is 1.56. The highest BCUT2D eigenvalue weighted by atomic mass is 32.1. The number of fused-ring (bicyclic) bond motifs is 1. The lowest BCUT2D eigenvalue weighted by atomic mass is 9.81. The van der Waals surface area contributed by atoms with Crippen LogP contribution in [0, 0.1) is 17.8 Å². The Morgan fingerprint density at radius 3 is 2.50 bits per heavy atom. The molecule has 1 aliphatic carbocycles. The van der Waals surface area contributed by atoms with Gasteiger partial charge in [-0.2, -0.15) is 0 Å². The van der Waals surface area contributed by atoms with Crippen LogP contribution in [0.25, 0.3) is 10.3 Å². The third-order valence-electron chi connectivity index (χ3n) is 8.06. The van der Waals surface area contributed by atoms with Gasteiger partial charge in [-0.05, 0) is 43.6 Å². The van der Waals surface area contributed by atoms with Crippen LogP contribution >= 0.6 is 11.3 Å². The molecule has 0 aliphatic heterocycles. The van der Waals surface area contributed by atoms with Crippen molar-refractivity contribution in [3.63, 3.8) is 0 Å². The molecule has 5 heteroatoms. The second kappa shape index (κ2) is 14.4. The van der Waals surface area contributed by atoms with Gasteiger partial charge in [0.2, 0.25) is 0 Å². The van der Waals surface area contributed by atoms with Gasteiger partial charge in [0.05, 0.1) is 21.6 Å². The summed E-state index contributed by atoms with van der Waals surface area (Å²) in [7, 11) is 0. The van der Waals surface area contributed by atoms with Gasteiger partial charge in [-0.3, -0.25) is 0 Å². The molecule has 0 bridgehead atoms. The molecule has 3 rings (SSSR count). The van der Waals surface area contributed by atoms with Crippen molar-refractivity contribution in [2.24, 2.45) is 17.8 Å². The van der Waals surface area contributed by atoms with E-state index in [1.54, 1.807) is 11.3 Å². The highest BCUT2D eigenvalue weighted by molar-refractivity contribution is 7.18. The molecular formula is C29H49N3OS. The van der Waals surface area contributed by atoms with Crippen LogP contribution in [-0.4, -0.2) is 21.3 Å². The maximum absolute atomic E-state index is 10.5. The SMILES string of the molecule is CCCCCCC(C)C(CCCC)CCC(C)c1nc2ncc(NC(O)C3CCCC3)cc2s1. The molecule has 0 aromatic carbocycles. The van der Waals surface area contributed by atoms with E-state index < -0.39 is 6.23 Å². The first-order chi connectivity index (χ1) is 16.5. The zero-order chi connectivity index (χ0) is 24.3. The lowest BCUT2D eigenvalue weighted by Gasteiger charge is -2.25. The molecule has 1 aliphatic rings. The molecule has 2 aromatic rings. The Morgan fingerprint density at radius 2 is 1.76 bits per heavy atom. The van der Waals surface area contributed by atoms with E-state index in [0.717, 1.165) is 40.7 Å². The Morgan fingerprint density at radius 1 is 1.00 bits per heavy atom. The molecule has 0 amide bonds. The molecule has 2 aromatic heterocycles. The van der Waals surface area contributed by atoms with Gasteiger partial charge < -0.3 is 10.4 Å². The first-order valence-corrected chi connectivity index (χ1v) is 15.0. The maximum atomic E-state index is 10.5. The Labute approximate surface area is 212 Å². The van der Waals surface area contributed by atoms with E-state index in [2.05, 4.69) is 44.1 Å². The van der Waals surface area contributed by atoms with Crippen LogP contribution in [0.2, 0.25) is 0 Å². The van der Waals surface area contributed by atoms with Crippen molar-refractivity contribution in [3.8, 4) is 0 Å². The van der Waals surface area contributed by atoms with Crippen molar-refractivity contribution in [2.75, 3.05) is 5.32 Å². The van der Waals surface area contributed by atoms with Crippen molar-refractivity contribution in [3.05, 3.63) is 17.3 Å². The number of anilines is 1. The van der Waals surface area contributed by atoms with E-state index in [1.807, 2.05) is 6.20 Å². The molecule has 1 saturated carbocycles. The number of rotatable bonds is 16. The highest BCUT2D eigenvalue weighted by Crippen LogP contribution is 2.35. The Hall–Kier alpha value is -1.20. The van der Waals surface area contributed by atoms with E-state index in [4.69, 9.17) is 4.98 Å². The van der Waals surface area contributed by atoms with E-state index in [1.165, 1.54) is 82.1 Å². The largest absolute Gasteiger partial charge is 0.374 e. The second-order valence-corrected chi connectivity index (χ2v) is 12.0. The lowest BCUT2D eigenvalue weighted by Crippen LogP contribution is -2.26. The summed E-state index contributed by atoms with van der Waals surface area (Å²) in [5.74, 6) is 2.50. The number of unbranched alkanes of at least 4 members (excludes halogenated alkanes) is 4. The molecule has 2 N–H and O–H groups in total. The standard InChI is InChI=1S/C29H49N3OS/c1-5-7-9-10-13-21(3)23(14-8-6-2)18-17-22(4)29-32-27-26(34-29)19-25(20-30-27)31-28(33)24-15-11-12-16-24/h19-24,28,31,33H,5-18H2,1-4H3. The minimum atomic E-state index is -0.475. The van der Waals surface area contributed by atoms with Crippen LogP contribution in [0.3, 0.4) is 0 Å². The molecule has 0 radical (unpaired) electrons. The van der Waals surface area contributed by atoms with Crippen LogP contribution in [0.15, 0.2) is 12.3 Å². The summed E-state index contributed by atoms with van der Waals surface area (Å²) >= 11 is 1.78.